The number of nitrogens with one attached hydrogen (secondary N) is 2. The lowest BCUT2D eigenvalue weighted by Crippen LogP contribution is -2.42. The molecule has 7 heteroatoms. The summed E-state index contributed by atoms with van der Waals surface area (Å²) >= 11 is 1.89. The summed E-state index contributed by atoms with van der Waals surface area (Å²) in [6.45, 7) is 7.08. The molecule has 0 aromatic carbocycles. The van der Waals surface area contributed by atoms with Crippen molar-refractivity contribution in [2.75, 3.05) is 60.2 Å². The first kappa shape index (κ1) is 19.2. The molecule has 2 rings (SSSR count). The Morgan fingerprint density at radius 3 is 3.00 bits per heavy atom. The van der Waals surface area contributed by atoms with Crippen LogP contribution in [0.15, 0.2) is 16.4 Å². The van der Waals surface area contributed by atoms with Crippen LogP contribution in [0.1, 0.15) is 16.9 Å². The molecular formula is C17H30N4O2S. The zero-order chi connectivity index (χ0) is 17.0. The third-order valence-electron chi connectivity index (χ3n) is 4.02. The Hall–Kier alpha value is -1.15. The second-order valence-electron chi connectivity index (χ2n) is 5.78. The van der Waals surface area contributed by atoms with Gasteiger partial charge in [0.15, 0.2) is 5.96 Å². The predicted octanol–water partition coefficient (Wildman–Crippen LogP) is 1.32. The molecule has 1 aromatic rings. The van der Waals surface area contributed by atoms with Gasteiger partial charge in [0.2, 0.25) is 0 Å². The van der Waals surface area contributed by atoms with Gasteiger partial charge in [0.1, 0.15) is 0 Å². The van der Waals surface area contributed by atoms with Crippen LogP contribution in [-0.2, 0) is 22.4 Å². The Morgan fingerprint density at radius 2 is 2.17 bits per heavy atom. The molecule has 1 aliphatic heterocycles. The van der Waals surface area contributed by atoms with E-state index >= 15 is 0 Å². The monoisotopic (exact) mass is 354 g/mol. The molecule has 0 atom stereocenters. The molecule has 2 heterocycles. The van der Waals surface area contributed by atoms with Crippen LogP contribution >= 0.6 is 11.3 Å². The molecule has 0 spiro atoms. The summed E-state index contributed by atoms with van der Waals surface area (Å²) in [5, 5.41) is 8.91. The standard InChI is InChI=1S/C17H30N4O2S/c1-18-17(19-6-3-10-23-12-11-22-2)20-7-9-21-8-4-16-15(14-21)5-13-24-16/h5,13H,3-4,6-12,14H2,1-2H3,(H2,18,19,20). The van der Waals surface area contributed by atoms with Crippen molar-refractivity contribution >= 4 is 17.3 Å². The van der Waals surface area contributed by atoms with Crippen molar-refractivity contribution in [3.8, 4) is 0 Å². The lowest BCUT2D eigenvalue weighted by atomic mass is 10.1. The molecule has 1 aromatic heterocycles. The van der Waals surface area contributed by atoms with E-state index in [1.807, 2.05) is 18.4 Å². The molecule has 2 N–H and O–H groups in total. The van der Waals surface area contributed by atoms with Crippen LogP contribution in [0.3, 0.4) is 0 Å². The number of rotatable bonds is 10. The molecule has 0 unspecified atom stereocenters. The van der Waals surface area contributed by atoms with E-state index in [1.165, 1.54) is 12.0 Å². The maximum atomic E-state index is 5.44. The third kappa shape index (κ3) is 6.76. The zero-order valence-corrected chi connectivity index (χ0v) is 15.7. The van der Waals surface area contributed by atoms with E-state index in [9.17, 15) is 0 Å². The van der Waals surface area contributed by atoms with Crippen molar-refractivity contribution < 1.29 is 9.47 Å². The highest BCUT2D eigenvalue weighted by Crippen LogP contribution is 2.23. The van der Waals surface area contributed by atoms with Crippen LogP contribution in [0.25, 0.3) is 0 Å². The van der Waals surface area contributed by atoms with Gasteiger partial charge in [-0.3, -0.25) is 9.89 Å². The Kier molecular flexibility index (Phi) is 9.12. The second-order valence-corrected chi connectivity index (χ2v) is 6.78. The number of hydrogen-bond acceptors (Lipinski definition) is 5. The molecule has 0 radical (unpaired) electrons. The first-order chi connectivity index (χ1) is 11.8. The number of methoxy groups -OCH3 is 1. The van der Waals surface area contributed by atoms with Crippen LogP contribution in [0.4, 0.5) is 0 Å². The minimum Gasteiger partial charge on any atom is -0.382 e. The highest BCUT2D eigenvalue weighted by atomic mass is 32.1. The summed E-state index contributed by atoms with van der Waals surface area (Å²) in [6, 6.07) is 2.26. The van der Waals surface area contributed by atoms with Crippen molar-refractivity contribution in [2.24, 2.45) is 4.99 Å². The number of hydrogen-bond donors (Lipinski definition) is 2. The lowest BCUT2D eigenvalue weighted by molar-refractivity contribution is 0.0698. The smallest absolute Gasteiger partial charge is 0.191 e. The van der Waals surface area contributed by atoms with Gasteiger partial charge in [0.25, 0.3) is 0 Å². The summed E-state index contributed by atoms with van der Waals surface area (Å²) in [5.41, 5.74) is 1.50. The molecule has 1 aliphatic rings. The van der Waals surface area contributed by atoms with Crippen LogP contribution in [0, 0.1) is 0 Å². The van der Waals surface area contributed by atoms with E-state index in [-0.39, 0.29) is 0 Å². The summed E-state index contributed by atoms with van der Waals surface area (Å²) < 4.78 is 10.4. The molecule has 0 saturated heterocycles. The second kappa shape index (κ2) is 11.4. The molecule has 0 bridgehead atoms. The lowest BCUT2D eigenvalue weighted by Gasteiger charge is -2.27. The largest absolute Gasteiger partial charge is 0.382 e. The first-order valence-electron chi connectivity index (χ1n) is 8.62. The Bertz CT molecular complexity index is 493. The average molecular weight is 355 g/mol. The average Bonchev–Trinajstić information content (AvgIpc) is 3.07. The third-order valence-corrected chi connectivity index (χ3v) is 5.04. The number of fused-ring (bicyclic) bond motifs is 1. The van der Waals surface area contributed by atoms with Crippen molar-refractivity contribution in [3.63, 3.8) is 0 Å². The topological polar surface area (TPSA) is 58.1 Å². The van der Waals surface area contributed by atoms with E-state index in [1.54, 1.807) is 12.0 Å². The fourth-order valence-electron chi connectivity index (χ4n) is 2.68. The Labute approximate surface area is 149 Å². The Morgan fingerprint density at radius 1 is 1.29 bits per heavy atom. The molecule has 6 nitrogen and oxygen atoms in total. The zero-order valence-electron chi connectivity index (χ0n) is 14.8. The van der Waals surface area contributed by atoms with Crippen LogP contribution in [-0.4, -0.2) is 71.0 Å². The van der Waals surface area contributed by atoms with E-state index in [2.05, 4.69) is 32.0 Å². The van der Waals surface area contributed by atoms with Crippen molar-refractivity contribution in [3.05, 3.63) is 21.9 Å². The number of aliphatic imine (C=N–C) groups is 1. The highest BCUT2D eigenvalue weighted by Gasteiger charge is 2.16. The van der Waals surface area contributed by atoms with Crippen LogP contribution < -0.4 is 10.6 Å². The Balaban J connectivity index is 1.52. The van der Waals surface area contributed by atoms with Crippen molar-refractivity contribution in [2.45, 2.75) is 19.4 Å². The molecule has 136 valence electrons. The van der Waals surface area contributed by atoms with Gasteiger partial charge in [-0.25, -0.2) is 0 Å². The van der Waals surface area contributed by atoms with E-state index in [0.717, 1.165) is 51.7 Å². The van der Waals surface area contributed by atoms with E-state index in [4.69, 9.17) is 9.47 Å². The van der Waals surface area contributed by atoms with Gasteiger partial charge >= 0.3 is 0 Å². The normalized spacial score (nSPS) is 15.3. The van der Waals surface area contributed by atoms with E-state index in [0.29, 0.717) is 13.2 Å². The molecule has 0 fully saturated rings. The van der Waals surface area contributed by atoms with Gasteiger partial charge in [0, 0.05) is 58.4 Å². The van der Waals surface area contributed by atoms with Gasteiger partial charge in [0.05, 0.1) is 13.2 Å². The summed E-state index contributed by atoms with van der Waals surface area (Å²) in [7, 11) is 3.49. The molecule has 0 aliphatic carbocycles. The van der Waals surface area contributed by atoms with Crippen LogP contribution in [0.5, 0.6) is 0 Å². The maximum absolute atomic E-state index is 5.44. The molecule has 0 saturated carbocycles. The molecular weight excluding hydrogens is 324 g/mol. The van der Waals surface area contributed by atoms with Crippen molar-refractivity contribution in [1.29, 1.82) is 0 Å². The summed E-state index contributed by atoms with van der Waals surface area (Å²) in [4.78, 5) is 8.32. The fraction of sp³-hybridized carbons (Fsp3) is 0.706. The number of guanidine groups is 1. The molecule has 24 heavy (non-hydrogen) atoms. The number of nitrogens with zero attached hydrogens (tertiary/aromatic N) is 2. The molecule has 0 amide bonds. The minimum atomic E-state index is 0.653. The maximum Gasteiger partial charge on any atom is 0.191 e. The van der Waals surface area contributed by atoms with Crippen LogP contribution in [0.2, 0.25) is 0 Å². The van der Waals surface area contributed by atoms with Crippen molar-refractivity contribution in [1.82, 2.24) is 15.5 Å². The highest BCUT2D eigenvalue weighted by molar-refractivity contribution is 7.10. The number of ether oxygens (including phenoxy) is 2. The summed E-state index contributed by atoms with van der Waals surface area (Å²) in [6.07, 6.45) is 2.14. The van der Waals surface area contributed by atoms with Gasteiger partial charge in [-0.1, -0.05) is 0 Å². The minimum absolute atomic E-state index is 0.653. The summed E-state index contributed by atoms with van der Waals surface area (Å²) in [5.74, 6) is 0.861. The fourth-order valence-corrected chi connectivity index (χ4v) is 3.57. The van der Waals surface area contributed by atoms with E-state index < -0.39 is 0 Å². The quantitative estimate of drug-likeness (QED) is 0.377. The van der Waals surface area contributed by atoms with Gasteiger partial charge in [-0.05, 0) is 29.9 Å². The first-order valence-corrected chi connectivity index (χ1v) is 9.50. The van der Waals surface area contributed by atoms with Gasteiger partial charge in [-0.15, -0.1) is 11.3 Å². The van der Waals surface area contributed by atoms with Gasteiger partial charge < -0.3 is 20.1 Å². The number of thiophene rings is 1. The van der Waals surface area contributed by atoms with Gasteiger partial charge in [-0.2, -0.15) is 0 Å². The SMILES string of the molecule is CN=C(NCCCOCCOC)NCCN1CCc2sccc2C1. The predicted molar refractivity (Wildman–Crippen MR) is 100.0 cm³/mol.